The van der Waals surface area contributed by atoms with Crippen molar-refractivity contribution < 1.29 is 9.59 Å². The van der Waals surface area contributed by atoms with Crippen molar-refractivity contribution in [3.8, 4) is 0 Å². The fraction of sp³-hybridized carbons (Fsp3) is 0.273. The van der Waals surface area contributed by atoms with E-state index in [0.29, 0.717) is 0 Å². The molecular formula is C11H10INO2. The third kappa shape index (κ3) is 1.78. The van der Waals surface area contributed by atoms with Crippen LogP contribution in [0.1, 0.15) is 18.9 Å². The summed E-state index contributed by atoms with van der Waals surface area (Å²) in [7, 11) is 0. The van der Waals surface area contributed by atoms with E-state index in [2.05, 4.69) is 27.9 Å². The Bertz CT molecular complexity index is 427. The van der Waals surface area contributed by atoms with Gasteiger partial charge < -0.3 is 5.32 Å². The van der Waals surface area contributed by atoms with Gasteiger partial charge in [-0.25, -0.2) is 0 Å². The highest BCUT2D eigenvalue weighted by molar-refractivity contribution is 14.1. The van der Waals surface area contributed by atoms with Crippen molar-refractivity contribution in [2.24, 2.45) is 0 Å². The van der Waals surface area contributed by atoms with Crippen LogP contribution in [0.25, 0.3) is 0 Å². The van der Waals surface area contributed by atoms with E-state index in [0.717, 1.165) is 9.13 Å². The Morgan fingerprint density at radius 2 is 1.87 bits per heavy atom. The second-order valence-corrected chi connectivity index (χ2v) is 5.03. The van der Waals surface area contributed by atoms with Gasteiger partial charge in [-0.05, 0) is 47.2 Å². The molecular weight excluding hydrogens is 305 g/mol. The minimum atomic E-state index is -0.832. The molecule has 4 heteroatoms. The van der Waals surface area contributed by atoms with Gasteiger partial charge in [-0.2, -0.15) is 0 Å². The number of carbonyl (C=O) groups excluding carboxylic acids is 2. The summed E-state index contributed by atoms with van der Waals surface area (Å²) in [6, 6.07) is 7.62. The van der Waals surface area contributed by atoms with Gasteiger partial charge in [0.15, 0.2) is 5.78 Å². The number of Topliss-reactive ketones (excluding diaryl/α,β-unsaturated/α-hetero) is 1. The van der Waals surface area contributed by atoms with Crippen LogP contribution in [0.3, 0.4) is 0 Å². The molecule has 3 nitrogen and oxygen atoms in total. The first-order valence-corrected chi connectivity index (χ1v) is 5.70. The van der Waals surface area contributed by atoms with E-state index in [4.69, 9.17) is 0 Å². The van der Waals surface area contributed by atoms with E-state index in [9.17, 15) is 9.59 Å². The van der Waals surface area contributed by atoms with Crippen LogP contribution in [0.2, 0.25) is 0 Å². The molecule has 1 aliphatic rings. The van der Waals surface area contributed by atoms with Crippen LogP contribution in [0.4, 0.5) is 0 Å². The predicted molar refractivity (Wildman–Crippen MR) is 64.3 cm³/mol. The molecule has 1 aromatic rings. The van der Waals surface area contributed by atoms with Gasteiger partial charge in [0.1, 0.15) is 5.54 Å². The Morgan fingerprint density at radius 1 is 1.27 bits per heavy atom. The molecule has 1 heterocycles. The Kier molecular flexibility index (Phi) is 2.54. The third-order valence-electron chi connectivity index (χ3n) is 2.69. The Hall–Kier alpha value is -0.910. The summed E-state index contributed by atoms with van der Waals surface area (Å²) in [6.07, 6.45) is -0.0114. The van der Waals surface area contributed by atoms with Crippen molar-refractivity contribution in [1.29, 1.82) is 0 Å². The molecule has 1 N–H and O–H groups in total. The zero-order valence-electron chi connectivity index (χ0n) is 8.21. The van der Waals surface area contributed by atoms with Crippen LogP contribution in [-0.4, -0.2) is 11.7 Å². The number of rotatable bonds is 1. The normalized spacial score (nSPS) is 25.5. The first-order chi connectivity index (χ1) is 7.02. The quantitative estimate of drug-likeness (QED) is 0.632. The molecule has 0 aliphatic carbocycles. The predicted octanol–water partition coefficient (Wildman–Crippen LogP) is 1.60. The molecule has 0 bridgehead atoms. The lowest BCUT2D eigenvalue weighted by atomic mass is 9.90. The smallest absolute Gasteiger partial charge is 0.228 e. The number of amides is 1. The third-order valence-corrected chi connectivity index (χ3v) is 3.41. The van der Waals surface area contributed by atoms with Gasteiger partial charge in [0.25, 0.3) is 0 Å². The number of hydrogen-bond donors (Lipinski definition) is 1. The molecule has 1 amide bonds. The molecule has 0 spiro atoms. The molecule has 0 aromatic heterocycles. The van der Waals surface area contributed by atoms with E-state index in [1.54, 1.807) is 6.92 Å². The SMILES string of the molecule is CC1(c2ccc(I)cc2)NC(=O)CC1=O. The molecule has 0 saturated carbocycles. The van der Waals surface area contributed by atoms with Crippen molar-refractivity contribution in [3.05, 3.63) is 33.4 Å². The number of hydrogen-bond acceptors (Lipinski definition) is 2. The topological polar surface area (TPSA) is 46.2 Å². The Labute approximate surface area is 101 Å². The number of benzene rings is 1. The lowest BCUT2D eigenvalue weighted by Gasteiger charge is -2.22. The Morgan fingerprint density at radius 3 is 2.33 bits per heavy atom. The van der Waals surface area contributed by atoms with Crippen LogP contribution in [-0.2, 0) is 15.1 Å². The first-order valence-electron chi connectivity index (χ1n) is 4.63. The summed E-state index contributed by atoms with van der Waals surface area (Å²) in [4.78, 5) is 22.9. The van der Waals surface area contributed by atoms with Crippen molar-refractivity contribution >= 4 is 34.3 Å². The van der Waals surface area contributed by atoms with Gasteiger partial charge in [-0.15, -0.1) is 0 Å². The molecule has 1 aromatic carbocycles. The lowest BCUT2D eigenvalue weighted by molar-refractivity contribution is -0.123. The maximum absolute atomic E-state index is 11.7. The average molecular weight is 315 g/mol. The van der Waals surface area contributed by atoms with E-state index in [-0.39, 0.29) is 18.1 Å². The number of ketones is 1. The second kappa shape index (κ2) is 3.59. The molecule has 1 saturated heterocycles. The first kappa shape index (κ1) is 10.6. The molecule has 0 radical (unpaired) electrons. The number of nitrogens with one attached hydrogen (secondary N) is 1. The lowest BCUT2D eigenvalue weighted by Crippen LogP contribution is -2.40. The summed E-state index contributed by atoms with van der Waals surface area (Å²) in [5.41, 5.74) is 0.0142. The minimum absolute atomic E-state index is 0.0114. The average Bonchev–Trinajstić information content (AvgIpc) is 2.42. The van der Waals surface area contributed by atoms with E-state index < -0.39 is 5.54 Å². The van der Waals surface area contributed by atoms with Crippen LogP contribution in [0.5, 0.6) is 0 Å². The molecule has 78 valence electrons. The van der Waals surface area contributed by atoms with Gasteiger partial charge in [-0.1, -0.05) is 12.1 Å². The van der Waals surface area contributed by atoms with E-state index in [1.165, 1.54) is 0 Å². The van der Waals surface area contributed by atoms with Crippen LogP contribution < -0.4 is 5.32 Å². The maximum Gasteiger partial charge on any atom is 0.228 e. The second-order valence-electron chi connectivity index (χ2n) is 3.78. The summed E-state index contributed by atoms with van der Waals surface area (Å²) in [5.74, 6) is -0.255. The van der Waals surface area contributed by atoms with Crippen LogP contribution >= 0.6 is 22.6 Å². The molecule has 1 fully saturated rings. The molecule has 1 aliphatic heterocycles. The van der Waals surface area contributed by atoms with Crippen molar-refractivity contribution in [3.63, 3.8) is 0 Å². The van der Waals surface area contributed by atoms with Gasteiger partial charge in [-0.3, -0.25) is 9.59 Å². The fourth-order valence-corrected chi connectivity index (χ4v) is 2.09. The summed E-state index contributed by atoms with van der Waals surface area (Å²) in [5, 5.41) is 2.72. The van der Waals surface area contributed by atoms with Crippen molar-refractivity contribution in [2.45, 2.75) is 18.9 Å². The number of carbonyl (C=O) groups is 2. The minimum Gasteiger partial charge on any atom is -0.339 e. The molecule has 1 unspecified atom stereocenters. The van der Waals surface area contributed by atoms with Crippen LogP contribution in [0, 0.1) is 3.57 Å². The standard InChI is InChI=1S/C11H10INO2/c1-11(9(14)6-10(15)13-11)7-2-4-8(12)5-3-7/h2-5H,6H2,1H3,(H,13,15). The van der Waals surface area contributed by atoms with Crippen LogP contribution in [0.15, 0.2) is 24.3 Å². The fourth-order valence-electron chi connectivity index (χ4n) is 1.73. The van der Waals surface area contributed by atoms with Gasteiger partial charge >= 0.3 is 0 Å². The highest BCUT2D eigenvalue weighted by Gasteiger charge is 2.42. The zero-order chi connectivity index (χ0) is 11.1. The van der Waals surface area contributed by atoms with Gasteiger partial charge in [0.05, 0.1) is 6.42 Å². The monoisotopic (exact) mass is 315 g/mol. The van der Waals surface area contributed by atoms with E-state index >= 15 is 0 Å². The highest BCUT2D eigenvalue weighted by atomic mass is 127. The van der Waals surface area contributed by atoms with Gasteiger partial charge in [0, 0.05) is 3.57 Å². The van der Waals surface area contributed by atoms with Crippen molar-refractivity contribution in [2.75, 3.05) is 0 Å². The molecule has 1 atom stereocenters. The summed E-state index contributed by atoms with van der Waals surface area (Å²) >= 11 is 2.20. The largest absolute Gasteiger partial charge is 0.339 e. The van der Waals surface area contributed by atoms with Crippen molar-refractivity contribution in [1.82, 2.24) is 5.32 Å². The molecule has 15 heavy (non-hydrogen) atoms. The number of halogens is 1. The summed E-state index contributed by atoms with van der Waals surface area (Å²) < 4.78 is 1.11. The highest BCUT2D eigenvalue weighted by Crippen LogP contribution is 2.28. The molecule has 2 rings (SSSR count). The maximum atomic E-state index is 11.7. The Balaban J connectivity index is 2.41. The zero-order valence-corrected chi connectivity index (χ0v) is 10.4. The van der Waals surface area contributed by atoms with E-state index in [1.807, 2.05) is 24.3 Å². The van der Waals surface area contributed by atoms with Gasteiger partial charge in [0.2, 0.25) is 5.91 Å². The summed E-state index contributed by atoms with van der Waals surface area (Å²) in [6.45, 7) is 1.75.